The van der Waals surface area contributed by atoms with Crippen molar-refractivity contribution in [2.75, 3.05) is 0 Å². The Morgan fingerprint density at radius 2 is 2.23 bits per heavy atom. The molecule has 7 heteroatoms. The van der Waals surface area contributed by atoms with Crippen LogP contribution in [0.3, 0.4) is 0 Å². The van der Waals surface area contributed by atoms with Crippen LogP contribution in [0, 0.1) is 13.8 Å². The minimum atomic E-state index is 0.239. The quantitative estimate of drug-likeness (QED) is 0.752. The number of furan rings is 1. The third-order valence-electron chi connectivity index (χ3n) is 3.36. The van der Waals surface area contributed by atoms with Gasteiger partial charge in [-0.2, -0.15) is 10.1 Å². The van der Waals surface area contributed by atoms with E-state index in [1.165, 1.54) is 0 Å². The maximum Gasteiger partial charge on any atom is 0.293 e. The normalized spacial score (nSPS) is 12.7. The average Bonchev–Trinajstić information content (AvgIpc) is 3.19. The highest BCUT2D eigenvalue weighted by Crippen LogP contribution is 2.16. The van der Waals surface area contributed by atoms with Gasteiger partial charge in [0, 0.05) is 11.7 Å². The lowest BCUT2D eigenvalue weighted by atomic mass is 10.3. The van der Waals surface area contributed by atoms with E-state index in [-0.39, 0.29) is 6.04 Å². The molecule has 3 rings (SSSR count). The van der Waals surface area contributed by atoms with E-state index in [1.807, 2.05) is 11.6 Å². The Kier molecular flexibility index (Phi) is 4.06. The molecule has 0 saturated carbocycles. The van der Waals surface area contributed by atoms with Crippen molar-refractivity contribution < 1.29 is 8.94 Å². The average molecular weight is 301 g/mol. The highest BCUT2D eigenvalue weighted by Gasteiger charge is 2.12. The van der Waals surface area contributed by atoms with Crippen LogP contribution in [-0.2, 0) is 13.1 Å². The van der Waals surface area contributed by atoms with Crippen molar-refractivity contribution in [3.05, 3.63) is 41.7 Å². The molecule has 0 spiro atoms. The van der Waals surface area contributed by atoms with Crippen molar-refractivity contribution in [3.63, 3.8) is 0 Å². The molecule has 7 nitrogen and oxygen atoms in total. The maximum absolute atomic E-state index is 5.22. The standard InChI is InChI=1S/C15H19N5O2/c1-10-7-12(3)20(18-10)9-11(2)16-8-14-17-15(22-19-14)13-5-4-6-21-13/h4-7,11,16H,8-9H2,1-3H3/t11-/m0/s1. The van der Waals surface area contributed by atoms with Crippen LogP contribution in [0.5, 0.6) is 0 Å². The Labute approximate surface area is 128 Å². The molecule has 3 aromatic heterocycles. The van der Waals surface area contributed by atoms with Gasteiger partial charge in [0.05, 0.1) is 25.0 Å². The Morgan fingerprint density at radius 3 is 2.91 bits per heavy atom. The van der Waals surface area contributed by atoms with Gasteiger partial charge in [-0.1, -0.05) is 5.16 Å². The summed E-state index contributed by atoms with van der Waals surface area (Å²) >= 11 is 0. The summed E-state index contributed by atoms with van der Waals surface area (Å²) < 4.78 is 12.4. The number of rotatable bonds is 6. The lowest BCUT2D eigenvalue weighted by Crippen LogP contribution is -2.31. The van der Waals surface area contributed by atoms with Gasteiger partial charge in [0.1, 0.15) is 0 Å². The Hall–Kier alpha value is -2.41. The molecule has 0 bridgehead atoms. The first-order valence-corrected chi connectivity index (χ1v) is 7.22. The van der Waals surface area contributed by atoms with E-state index < -0.39 is 0 Å². The van der Waals surface area contributed by atoms with E-state index in [1.54, 1.807) is 18.4 Å². The molecule has 0 aliphatic rings. The Balaban J connectivity index is 1.55. The Bertz CT molecular complexity index is 729. The molecule has 0 saturated heterocycles. The molecule has 0 radical (unpaired) electrons. The molecule has 3 aromatic rings. The van der Waals surface area contributed by atoms with Gasteiger partial charge in [0.15, 0.2) is 11.6 Å². The van der Waals surface area contributed by atoms with Crippen molar-refractivity contribution in [2.45, 2.75) is 39.9 Å². The zero-order valence-electron chi connectivity index (χ0n) is 12.9. The summed E-state index contributed by atoms with van der Waals surface area (Å²) in [6, 6.07) is 5.88. The fourth-order valence-corrected chi connectivity index (χ4v) is 2.28. The summed E-state index contributed by atoms with van der Waals surface area (Å²) in [6.07, 6.45) is 1.58. The molecule has 22 heavy (non-hydrogen) atoms. The third-order valence-corrected chi connectivity index (χ3v) is 3.36. The van der Waals surface area contributed by atoms with Gasteiger partial charge in [-0.3, -0.25) is 4.68 Å². The number of aryl methyl sites for hydroxylation is 2. The second kappa shape index (κ2) is 6.15. The van der Waals surface area contributed by atoms with E-state index >= 15 is 0 Å². The van der Waals surface area contributed by atoms with E-state index in [4.69, 9.17) is 8.94 Å². The predicted molar refractivity (Wildman–Crippen MR) is 80.0 cm³/mol. The minimum absolute atomic E-state index is 0.239. The minimum Gasteiger partial charge on any atom is -0.459 e. The zero-order chi connectivity index (χ0) is 15.5. The number of nitrogens with one attached hydrogen (secondary N) is 1. The molecular weight excluding hydrogens is 282 g/mol. The zero-order valence-corrected chi connectivity index (χ0v) is 12.9. The molecule has 0 fully saturated rings. The molecule has 3 heterocycles. The van der Waals surface area contributed by atoms with Crippen LogP contribution in [0.4, 0.5) is 0 Å². The van der Waals surface area contributed by atoms with Crippen LogP contribution in [0.15, 0.2) is 33.4 Å². The highest BCUT2D eigenvalue weighted by atomic mass is 16.5. The van der Waals surface area contributed by atoms with Crippen LogP contribution >= 0.6 is 0 Å². The third kappa shape index (κ3) is 3.25. The summed E-state index contributed by atoms with van der Waals surface area (Å²) in [5.74, 6) is 1.58. The van der Waals surface area contributed by atoms with E-state index in [9.17, 15) is 0 Å². The van der Waals surface area contributed by atoms with E-state index in [0.717, 1.165) is 17.9 Å². The van der Waals surface area contributed by atoms with Crippen molar-refractivity contribution >= 4 is 0 Å². The van der Waals surface area contributed by atoms with Crippen molar-refractivity contribution in [1.29, 1.82) is 0 Å². The second-order valence-electron chi connectivity index (χ2n) is 5.38. The van der Waals surface area contributed by atoms with Crippen molar-refractivity contribution in [3.8, 4) is 11.7 Å². The Morgan fingerprint density at radius 1 is 1.36 bits per heavy atom. The SMILES string of the molecule is Cc1cc(C)n(C[C@H](C)NCc2noc(-c3ccco3)n2)n1. The molecule has 116 valence electrons. The van der Waals surface area contributed by atoms with Gasteiger partial charge in [-0.15, -0.1) is 0 Å². The topological polar surface area (TPSA) is 81.9 Å². The molecule has 0 unspecified atom stereocenters. The first kappa shape index (κ1) is 14.5. The van der Waals surface area contributed by atoms with Gasteiger partial charge in [0.25, 0.3) is 5.89 Å². The summed E-state index contributed by atoms with van der Waals surface area (Å²) in [5.41, 5.74) is 2.19. The monoisotopic (exact) mass is 301 g/mol. The molecule has 0 aromatic carbocycles. The van der Waals surface area contributed by atoms with Crippen LogP contribution in [0.1, 0.15) is 24.1 Å². The van der Waals surface area contributed by atoms with Crippen LogP contribution < -0.4 is 5.32 Å². The fraction of sp³-hybridized carbons (Fsp3) is 0.400. The first-order chi connectivity index (χ1) is 10.6. The summed E-state index contributed by atoms with van der Waals surface area (Å²) in [6.45, 7) is 7.48. The number of hydrogen-bond donors (Lipinski definition) is 1. The van der Waals surface area contributed by atoms with Gasteiger partial charge < -0.3 is 14.3 Å². The molecular formula is C15H19N5O2. The van der Waals surface area contributed by atoms with E-state index in [2.05, 4.69) is 40.5 Å². The van der Waals surface area contributed by atoms with Crippen LogP contribution in [0.25, 0.3) is 11.7 Å². The summed E-state index contributed by atoms with van der Waals surface area (Å²) in [7, 11) is 0. The summed E-state index contributed by atoms with van der Waals surface area (Å²) in [5, 5.41) is 11.8. The molecule has 0 amide bonds. The van der Waals surface area contributed by atoms with Crippen LogP contribution in [-0.4, -0.2) is 26.0 Å². The van der Waals surface area contributed by atoms with E-state index in [0.29, 0.717) is 24.0 Å². The predicted octanol–water partition coefficient (Wildman–Crippen LogP) is 2.32. The largest absolute Gasteiger partial charge is 0.459 e. The van der Waals surface area contributed by atoms with Gasteiger partial charge >= 0.3 is 0 Å². The highest BCUT2D eigenvalue weighted by molar-refractivity contribution is 5.42. The lowest BCUT2D eigenvalue weighted by Gasteiger charge is -2.13. The molecule has 1 atom stereocenters. The van der Waals surface area contributed by atoms with Crippen LogP contribution in [0.2, 0.25) is 0 Å². The number of nitrogens with zero attached hydrogens (tertiary/aromatic N) is 4. The van der Waals surface area contributed by atoms with Gasteiger partial charge in [-0.05, 0) is 39.0 Å². The molecule has 1 N–H and O–H groups in total. The first-order valence-electron chi connectivity index (χ1n) is 7.22. The summed E-state index contributed by atoms with van der Waals surface area (Å²) in [4.78, 5) is 4.30. The number of aromatic nitrogens is 4. The lowest BCUT2D eigenvalue weighted by molar-refractivity contribution is 0.397. The fourth-order valence-electron chi connectivity index (χ4n) is 2.28. The van der Waals surface area contributed by atoms with Crippen molar-refractivity contribution in [2.24, 2.45) is 0 Å². The second-order valence-corrected chi connectivity index (χ2v) is 5.38. The molecule has 0 aliphatic carbocycles. The molecule has 0 aliphatic heterocycles. The van der Waals surface area contributed by atoms with Gasteiger partial charge in [0.2, 0.25) is 0 Å². The number of hydrogen-bond acceptors (Lipinski definition) is 6. The maximum atomic E-state index is 5.22. The smallest absolute Gasteiger partial charge is 0.293 e. The van der Waals surface area contributed by atoms with Crippen molar-refractivity contribution in [1.82, 2.24) is 25.2 Å². The van der Waals surface area contributed by atoms with Gasteiger partial charge in [-0.25, -0.2) is 0 Å².